The number of benzene rings is 1. The molecule has 0 bridgehead atoms. The van der Waals surface area contributed by atoms with E-state index in [1.807, 2.05) is 30.3 Å². The van der Waals surface area contributed by atoms with Gasteiger partial charge in [0.1, 0.15) is 5.75 Å². The molecule has 0 radical (unpaired) electrons. The van der Waals surface area contributed by atoms with E-state index in [-0.39, 0.29) is 11.8 Å². The molecular formula is C16H21NO4. The zero-order valence-electron chi connectivity index (χ0n) is 12.0. The molecular weight excluding hydrogens is 270 g/mol. The van der Waals surface area contributed by atoms with E-state index < -0.39 is 5.97 Å². The molecule has 1 aromatic carbocycles. The van der Waals surface area contributed by atoms with Gasteiger partial charge in [-0.1, -0.05) is 18.2 Å². The third-order valence-corrected chi connectivity index (χ3v) is 3.74. The smallest absolute Gasteiger partial charge is 0.306 e. The number of rotatable bonds is 6. The third kappa shape index (κ3) is 4.77. The highest BCUT2D eigenvalue weighted by atomic mass is 16.5. The van der Waals surface area contributed by atoms with Crippen LogP contribution in [-0.4, -0.2) is 41.6 Å². The second kappa shape index (κ2) is 7.67. The Balaban J connectivity index is 1.63. The zero-order chi connectivity index (χ0) is 15.1. The molecule has 0 atom stereocenters. The van der Waals surface area contributed by atoms with Crippen molar-refractivity contribution < 1.29 is 19.4 Å². The van der Waals surface area contributed by atoms with Gasteiger partial charge in [-0.15, -0.1) is 0 Å². The minimum Gasteiger partial charge on any atom is -0.494 e. The zero-order valence-corrected chi connectivity index (χ0v) is 12.0. The number of hydrogen-bond donors (Lipinski definition) is 1. The Morgan fingerprint density at radius 3 is 2.48 bits per heavy atom. The summed E-state index contributed by atoms with van der Waals surface area (Å²) in [7, 11) is 0. The number of piperidine rings is 1. The molecule has 0 saturated carbocycles. The van der Waals surface area contributed by atoms with Crippen molar-refractivity contribution in [3.05, 3.63) is 30.3 Å². The molecule has 0 aliphatic carbocycles. The number of aliphatic carboxylic acids is 1. The molecule has 1 aliphatic heterocycles. The molecule has 0 aromatic heterocycles. The van der Waals surface area contributed by atoms with Crippen molar-refractivity contribution >= 4 is 11.9 Å². The second-order valence-corrected chi connectivity index (χ2v) is 5.26. The summed E-state index contributed by atoms with van der Waals surface area (Å²) in [6.45, 7) is 1.62. The summed E-state index contributed by atoms with van der Waals surface area (Å²) in [4.78, 5) is 24.6. The van der Waals surface area contributed by atoms with E-state index in [2.05, 4.69) is 0 Å². The number of carbonyl (C=O) groups is 2. The number of para-hydroxylation sites is 1. The first kappa shape index (κ1) is 15.4. The summed E-state index contributed by atoms with van der Waals surface area (Å²) in [6, 6.07) is 9.52. The van der Waals surface area contributed by atoms with Crippen LogP contribution in [0.4, 0.5) is 0 Å². The van der Waals surface area contributed by atoms with Crippen LogP contribution in [0.25, 0.3) is 0 Å². The summed E-state index contributed by atoms with van der Waals surface area (Å²) >= 11 is 0. The van der Waals surface area contributed by atoms with Gasteiger partial charge in [0.15, 0.2) is 0 Å². The van der Waals surface area contributed by atoms with Crippen molar-refractivity contribution in [2.75, 3.05) is 19.7 Å². The number of carboxylic acid groups (broad SMARTS) is 1. The lowest BCUT2D eigenvalue weighted by Gasteiger charge is -2.30. The number of carbonyl (C=O) groups excluding carboxylic acids is 1. The fraction of sp³-hybridized carbons (Fsp3) is 0.500. The van der Waals surface area contributed by atoms with Gasteiger partial charge in [-0.05, 0) is 31.4 Å². The Morgan fingerprint density at radius 1 is 1.19 bits per heavy atom. The maximum Gasteiger partial charge on any atom is 0.306 e. The fourth-order valence-corrected chi connectivity index (χ4v) is 2.46. The fourth-order valence-electron chi connectivity index (χ4n) is 2.46. The molecule has 1 aromatic rings. The normalized spacial score (nSPS) is 15.7. The average molecular weight is 291 g/mol. The maximum absolute atomic E-state index is 12.0. The molecule has 1 heterocycles. The Kier molecular flexibility index (Phi) is 5.60. The van der Waals surface area contributed by atoms with Crippen molar-refractivity contribution in [1.29, 1.82) is 0 Å². The van der Waals surface area contributed by atoms with Crippen molar-refractivity contribution in [3.63, 3.8) is 0 Å². The molecule has 1 aliphatic rings. The van der Waals surface area contributed by atoms with Gasteiger partial charge in [0.2, 0.25) is 5.91 Å². The van der Waals surface area contributed by atoms with E-state index in [0.29, 0.717) is 45.4 Å². The Labute approximate surface area is 124 Å². The quantitative estimate of drug-likeness (QED) is 0.816. The molecule has 5 nitrogen and oxygen atoms in total. The molecule has 1 N–H and O–H groups in total. The van der Waals surface area contributed by atoms with Gasteiger partial charge < -0.3 is 14.7 Å². The molecule has 1 saturated heterocycles. The lowest BCUT2D eigenvalue weighted by molar-refractivity contribution is -0.145. The lowest BCUT2D eigenvalue weighted by Crippen LogP contribution is -2.40. The van der Waals surface area contributed by atoms with E-state index in [0.717, 1.165) is 5.75 Å². The number of ether oxygens (including phenoxy) is 1. The largest absolute Gasteiger partial charge is 0.494 e. The van der Waals surface area contributed by atoms with Crippen LogP contribution in [-0.2, 0) is 9.59 Å². The van der Waals surface area contributed by atoms with E-state index in [9.17, 15) is 9.59 Å². The molecule has 1 amide bonds. The van der Waals surface area contributed by atoms with Crippen LogP contribution >= 0.6 is 0 Å². The first-order valence-corrected chi connectivity index (χ1v) is 7.35. The van der Waals surface area contributed by atoms with E-state index in [1.165, 1.54) is 0 Å². The number of amides is 1. The topological polar surface area (TPSA) is 66.8 Å². The first-order chi connectivity index (χ1) is 10.2. The summed E-state index contributed by atoms with van der Waals surface area (Å²) in [5.74, 6) is -0.142. The summed E-state index contributed by atoms with van der Waals surface area (Å²) in [5.41, 5.74) is 0. The molecule has 21 heavy (non-hydrogen) atoms. The minimum absolute atomic E-state index is 0.0931. The average Bonchev–Trinajstić information content (AvgIpc) is 2.52. The summed E-state index contributed by atoms with van der Waals surface area (Å²) in [6.07, 6.45) is 2.24. The van der Waals surface area contributed by atoms with Gasteiger partial charge in [0.05, 0.1) is 12.5 Å². The molecule has 0 unspecified atom stereocenters. The Morgan fingerprint density at radius 2 is 1.86 bits per heavy atom. The number of nitrogens with zero attached hydrogens (tertiary/aromatic N) is 1. The highest BCUT2D eigenvalue weighted by molar-refractivity contribution is 5.77. The van der Waals surface area contributed by atoms with Crippen LogP contribution < -0.4 is 4.74 Å². The van der Waals surface area contributed by atoms with Crippen molar-refractivity contribution in [2.45, 2.75) is 25.7 Å². The first-order valence-electron chi connectivity index (χ1n) is 7.35. The molecule has 114 valence electrons. The Bertz CT molecular complexity index is 466. The third-order valence-electron chi connectivity index (χ3n) is 3.74. The minimum atomic E-state index is -0.752. The van der Waals surface area contributed by atoms with Gasteiger partial charge in [0, 0.05) is 19.5 Å². The van der Waals surface area contributed by atoms with Crippen LogP contribution in [0.3, 0.4) is 0 Å². The monoisotopic (exact) mass is 291 g/mol. The number of likely N-dealkylation sites (tertiary alicyclic amines) is 1. The SMILES string of the molecule is O=C(O)C1CCN(C(=O)CCCOc2ccccc2)CC1. The number of hydrogen-bond acceptors (Lipinski definition) is 3. The standard InChI is InChI=1S/C16H21NO4/c18-15(17-10-8-13(9-11-17)16(19)20)7-4-12-21-14-5-2-1-3-6-14/h1-3,5-6,13H,4,7-12H2,(H,19,20). The second-order valence-electron chi connectivity index (χ2n) is 5.26. The van der Waals surface area contributed by atoms with Crippen molar-refractivity contribution in [1.82, 2.24) is 4.90 Å². The summed E-state index contributed by atoms with van der Waals surface area (Å²) < 4.78 is 5.54. The predicted octanol–water partition coefficient (Wildman–Crippen LogP) is 2.17. The highest BCUT2D eigenvalue weighted by Gasteiger charge is 2.26. The number of carboxylic acids is 1. The predicted molar refractivity (Wildman–Crippen MR) is 78.1 cm³/mol. The van der Waals surface area contributed by atoms with Crippen LogP contribution in [0, 0.1) is 5.92 Å². The van der Waals surface area contributed by atoms with Crippen molar-refractivity contribution in [3.8, 4) is 5.75 Å². The van der Waals surface area contributed by atoms with Gasteiger partial charge >= 0.3 is 5.97 Å². The van der Waals surface area contributed by atoms with E-state index >= 15 is 0 Å². The van der Waals surface area contributed by atoms with Crippen LogP contribution in [0.5, 0.6) is 5.75 Å². The van der Waals surface area contributed by atoms with Gasteiger partial charge in [-0.3, -0.25) is 9.59 Å². The molecule has 1 fully saturated rings. The highest BCUT2D eigenvalue weighted by Crippen LogP contribution is 2.18. The lowest BCUT2D eigenvalue weighted by atomic mass is 9.97. The molecule has 5 heteroatoms. The van der Waals surface area contributed by atoms with Gasteiger partial charge in [0.25, 0.3) is 0 Å². The van der Waals surface area contributed by atoms with E-state index in [4.69, 9.17) is 9.84 Å². The molecule has 0 spiro atoms. The maximum atomic E-state index is 12.0. The molecule has 2 rings (SSSR count). The van der Waals surface area contributed by atoms with Crippen molar-refractivity contribution in [2.24, 2.45) is 5.92 Å². The van der Waals surface area contributed by atoms with Gasteiger partial charge in [-0.25, -0.2) is 0 Å². The van der Waals surface area contributed by atoms with Gasteiger partial charge in [-0.2, -0.15) is 0 Å². The van der Waals surface area contributed by atoms with Crippen LogP contribution in [0.1, 0.15) is 25.7 Å². The summed E-state index contributed by atoms with van der Waals surface area (Å²) in [5, 5.41) is 8.92. The van der Waals surface area contributed by atoms with E-state index in [1.54, 1.807) is 4.90 Å². The Hall–Kier alpha value is -2.04. The van der Waals surface area contributed by atoms with Crippen LogP contribution in [0.2, 0.25) is 0 Å². The van der Waals surface area contributed by atoms with Crippen LogP contribution in [0.15, 0.2) is 30.3 Å².